The van der Waals surface area contributed by atoms with Gasteiger partial charge in [-0.25, -0.2) is 15.0 Å². The molecule has 0 saturated carbocycles. The Balaban J connectivity index is 0.969. The Bertz CT molecular complexity index is 3520. The molecule has 0 aliphatic carbocycles. The van der Waals surface area contributed by atoms with Crippen LogP contribution >= 0.6 is 11.7 Å². The summed E-state index contributed by atoms with van der Waals surface area (Å²) in [6.45, 7) is 0. The highest BCUT2D eigenvalue weighted by molar-refractivity contribution is 7.00. The van der Waals surface area contributed by atoms with E-state index in [0.29, 0.717) is 5.82 Å². The van der Waals surface area contributed by atoms with Crippen LogP contribution < -0.4 is 0 Å². The highest BCUT2D eigenvalue weighted by Gasteiger charge is 2.20. The number of nitrogens with zero attached hydrogens (tertiary/aromatic N) is 6. The first kappa shape index (κ1) is 34.2. The van der Waals surface area contributed by atoms with Crippen LogP contribution in [0, 0.1) is 0 Å². The minimum Gasteiger partial charge on any atom is -0.309 e. The normalized spacial score (nSPS) is 11.7. The van der Waals surface area contributed by atoms with Crippen molar-refractivity contribution in [1.82, 2.24) is 28.3 Å². The fourth-order valence-corrected chi connectivity index (χ4v) is 9.23. The molecule has 12 rings (SSSR count). The Morgan fingerprint density at radius 3 is 1.58 bits per heavy atom. The highest BCUT2D eigenvalue weighted by Crippen LogP contribution is 2.41. The third-order valence-electron chi connectivity index (χ3n) is 11.5. The summed E-state index contributed by atoms with van der Waals surface area (Å²) in [5.74, 6) is 0.677. The van der Waals surface area contributed by atoms with E-state index in [9.17, 15) is 0 Å². The van der Waals surface area contributed by atoms with Crippen molar-refractivity contribution in [2.24, 2.45) is 0 Å². The highest BCUT2D eigenvalue weighted by atomic mass is 32.1. The van der Waals surface area contributed by atoms with Crippen molar-refractivity contribution in [1.29, 1.82) is 0 Å². The van der Waals surface area contributed by atoms with Crippen LogP contribution in [0.3, 0.4) is 0 Å². The lowest BCUT2D eigenvalue weighted by Gasteiger charge is -2.13. The summed E-state index contributed by atoms with van der Waals surface area (Å²) < 4.78 is 12.1. The zero-order valence-corrected chi connectivity index (χ0v) is 32.9. The van der Waals surface area contributed by atoms with Crippen LogP contribution in [0.15, 0.2) is 194 Å². The molecule has 0 saturated heterocycles. The average molecular weight is 785 g/mol. The third kappa shape index (κ3) is 5.59. The summed E-state index contributed by atoms with van der Waals surface area (Å²) in [4.78, 5) is 15.5. The van der Waals surface area contributed by atoms with Gasteiger partial charge in [-0.1, -0.05) is 152 Å². The van der Waals surface area contributed by atoms with Crippen LogP contribution in [-0.4, -0.2) is 28.3 Å². The fourth-order valence-electron chi connectivity index (χ4n) is 8.66. The van der Waals surface area contributed by atoms with Gasteiger partial charge in [-0.15, -0.1) is 0 Å². The van der Waals surface area contributed by atoms with Crippen molar-refractivity contribution < 1.29 is 0 Å². The van der Waals surface area contributed by atoms with Gasteiger partial charge in [0.2, 0.25) is 0 Å². The number of rotatable bonds is 6. The minimum absolute atomic E-state index is 0.677. The number of hydrogen-bond acceptors (Lipinski definition) is 6. The Hall–Kier alpha value is -7.87. The van der Waals surface area contributed by atoms with Gasteiger partial charge in [0.25, 0.3) is 0 Å². The van der Waals surface area contributed by atoms with E-state index in [1.165, 1.54) is 33.5 Å². The summed E-state index contributed by atoms with van der Waals surface area (Å²) in [5, 5.41) is 5.69. The van der Waals surface area contributed by atoms with E-state index in [2.05, 4.69) is 168 Å². The summed E-state index contributed by atoms with van der Waals surface area (Å²) in [5.41, 5.74) is 14.9. The van der Waals surface area contributed by atoms with Crippen molar-refractivity contribution in [2.45, 2.75) is 0 Å². The molecule has 7 heteroatoms. The lowest BCUT2D eigenvalue weighted by Crippen LogP contribution is -1.97. The number of benzene rings is 8. The zero-order valence-electron chi connectivity index (χ0n) is 32.1. The molecule has 0 atom stereocenters. The molecule has 0 N–H and O–H groups in total. The Labute approximate surface area is 349 Å². The van der Waals surface area contributed by atoms with E-state index in [4.69, 9.17) is 23.7 Å². The number of fused-ring (bicyclic) bond motifs is 8. The Kier molecular flexibility index (Phi) is 7.92. The maximum absolute atomic E-state index is 5.20. The zero-order chi connectivity index (χ0) is 39.6. The molecule has 4 aromatic heterocycles. The van der Waals surface area contributed by atoms with Crippen molar-refractivity contribution in [3.63, 3.8) is 0 Å². The number of pyridine rings is 1. The van der Waals surface area contributed by atoms with E-state index in [0.717, 1.165) is 88.9 Å². The second kappa shape index (κ2) is 13.9. The molecule has 60 heavy (non-hydrogen) atoms. The molecule has 280 valence electrons. The minimum atomic E-state index is 0.677. The van der Waals surface area contributed by atoms with Crippen LogP contribution in [0.25, 0.3) is 116 Å². The monoisotopic (exact) mass is 784 g/mol. The van der Waals surface area contributed by atoms with Gasteiger partial charge in [-0.3, -0.25) is 0 Å². The molecule has 0 amide bonds. The summed E-state index contributed by atoms with van der Waals surface area (Å²) >= 11 is 1.25. The van der Waals surface area contributed by atoms with E-state index in [-0.39, 0.29) is 0 Å². The summed E-state index contributed by atoms with van der Waals surface area (Å²) in [6, 6.07) is 67.7. The lowest BCUT2D eigenvalue weighted by atomic mass is 9.93. The van der Waals surface area contributed by atoms with Crippen LogP contribution in [0.4, 0.5) is 0 Å². The topological polar surface area (TPSA) is 69.4 Å². The van der Waals surface area contributed by atoms with Gasteiger partial charge >= 0.3 is 0 Å². The van der Waals surface area contributed by atoms with E-state index >= 15 is 0 Å². The van der Waals surface area contributed by atoms with Gasteiger partial charge in [-0.2, -0.15) is 8.75 Å². The average Bonchev–Trinajstić information content (AvgIpc) is 3.95. The molecule has 0 fully saturated rings. The van der Waals surface area contributed by atoms with Crippen LogP contribution in [0.1, 0.15) is 0 Å². The van der Waals surface area contributed by atoms with Crippen LogP contribution in [-0.2, 0) is 0 Å². The maximum atomic E-state index is 5.20. The molecule has 0 radical (unpaired) electrons. The number of hydrogen-bond donors (Lipinski definition) is 0. The Morgan fingerprint density at radius 2 is 0.917 bits per heavy atom. The van der Waals surface area contributed by atoms with Crippen LogP contribution in [0.2, 0.25) is 0 Å². The van der Waals surface area contributed by atoms with E-state index in [1.54, 1.807) is 0 Å². The molecule has 6 nitrogen and oxygen atoms in total. The maximum Gasteiger partial charge on any atom is 0.160 e. The number of para-hydroxylation sites is 3. The van der Waals surface area contributed by atoms with Crippen molar-refractivity contribution in [3.8, 4) is 62.0 Å². The largest absolute Gasteiger partial charge is 0.309 e. The molecule has 0 unspecified atom stereocenters. The van der Waals surface area contributed by atoms with Gasteiger partial charge < -0.3 is 4.57 Å². The molecular formula is C53H32N6S. The molecule has 0 aliphatic heterocycles. The standard InChI is InChI=1S/C53H32N6S/c1-3-13-36(14-4-1)50-43-31-42(51-52(58-60-57-51)49(43)41-19-7-10-20-44(41)54-50)33-23-25-34(26-24-33)45-32-46(56-53(55-45)37-15-5-2-6-16-37)35-27-29-38(30-28-35)59-47-21-11-8-17-39(47)40-18-9-12-22-48(40)59/h1-32H. The predicted octanol–water partition coefficient (Wildman–Crippen LogP) is 13.6. The number of aromatic nitrogens is 6. The van der Waals surface area contributed by atoms with Gasteiger partial charge in [0.15, 0.2) is 5.82 Å². The first-order chi connectivity index (χ1) is 29.7. The molecule has 4 heterocycles. The van der Waals surface area contributed by atoms with Gasteiger partial charge in [-0.05, 0) is 48.0 Å². The van der Waals surface area contributed by atoms with Crippen molar-refractivity contribution in [2.75, 3.05) is 0 Å². The predicted molar refractivity (Wildman–Crippen MR) is 247 cm³/mol. The Morgan fingerprint density at radius 1 is 0.383 bits per heavy atom. The molecule has 0 bridgehead atoms. The van der Waals surface area contributed by atoms with Crippen molar-refractivity contribution >= 4 is 66.2 Å². The van der Waals surface area contributed by atoms with E-state index < -0.39 is 0 Å². The van der Waals surface area contributed by atoms with Crippen LogP contribution in [0.5, 0.6) is 0 Å². The van der Waals surface area contributed by atoms with E-state index in [1.807, 2.05) is 30.3 Å². The van der Waals surface area contributed by atoms with Gasteiger partial charge in [0, 0.05) is 60.4 Å². The third-order valence-corrected chi connectivity index (χ3v) is 12.0. The molecule has 12 aromatic rings. The smallest absolute Gasteiger partial charge is 0.160 e. The summed E-state index contributed by atoms with van der Waals surface area (Å²) in [6.07, 6.45) is 0. The molecular weight excluding hydrogens is 753 g/mol. The second-order valence-corrected chi connectivity index (χ2v) is 15.5. The fraction of sp³-hybridized carbons (Fsp3) is 0. The first-order valence-corrected chi connectivity index (χ1v) is 20.7. The first-order valence-electron chi connectivity index (χ1n) is 19.9. The quantitative estimate of drug-likeness (QED) is 0.157. The second-order valence-electron chi connectivity index (χ2n) is 15.0. The molecule has 8 aromatic carbocycles. The summed E-state index contributed by atoms with van der Waals surface area (Å²) in [7, 11) is 0. The molecule has 0 spiro atoms. The SMILES string of the molecule is c1ccc(-c2nc(-c3ccc(-c4cc5c(-c6ccccc6)nc6ccccc6c5c5nsnc45)cc3)cc(-c3ccc(-n4c5ccccc5c5ccccc54)cc3)n2)cc1. The van der Waals surface area contributed by atoms with Crippen molar-refractivity contribution in [3.05, 3.63) is 194 Å². The van der Waals surface area contributed by atoms with Gasteiger partial charge in [0.1, 0.15) is 11.0 Å². The lowest BCUT2D eigenvalue weighted by molar-refractivity contribution is 1.17. The molecule has 0 aliphatic rings. The van der Waals surface area contributed by atoms with Gasteiger partial charge in [0.05, 0.1) is 45.4 Å².